The monoisotopic (exact) mass is 362 g/mol. The molecule has 0 bridgehead atoms. The molecule has 136 valence electrons. The van der Waals surface area contributed by atoms with Gasteiger partial charge in [-0.25, -0.2) is 4.68 Å². The second kappa shape index (κ2) is 5.84. The van der Waals surface area contributed by atoms with Crippen LogP contribution in [0.25, 0.3) is 22.0 Å². The quantitative estimate of drug-likeness (QED) is 0.553. The van der Waals surface area contributed by atoms with Crippen LogP contribution in [-0.2, 0) is 0 Å². The van der Waals surface area contributed by atoms with Gasteiger partial charge >= 0.3 is 0 Å². The van der Waals surface area contributed by atoms with Crippen molar-refractivity contribution >= 4 is 10.9 Å². The van der Waals surface area contributed by atoms with Crippen LogP contribution in [-0.4, -0.2) is 33.6 Å². The van der Waals surface area contributed by atoms with Crippen molar-refractivity contribution in [1.29, 1.82) is 0 Å². The second-order valence-corrected chi connectivity index (χ2v) is 6.60. The third kappa shape index (κ3) is 2.24. The third-order valence-electron chi connectivity index (χ3n) is 5.04. The highest BCUT2D eigenvalue weighted by Crippen LogP contribution is 2.45. The molecule has 0 radical (unpaired) electrons. The van der Waals surface area contributed by atoms with Gasteiger partial charge in [-0.1, -0.05) is 11.2 Å². The normalized spacial score (nSPS) is 15.7. The molecule has 0 saturated heterocycles. The standard InChI is InChI=1S/C20H18N4O3/c1-11-17(12(2)27-23-11)14-6-7-15-18-19(14)26-10-16(13-5-4-8-21-9-13)24(18)22-20(15)25-3/h4-9,16H,10H2,1-3H3. The Balaban J connectivity index is 1.80. The van der Waals surface area contributed by atoms with Crippen LogP contribution in [0.1, 0.15) is 23.1 Å². The predicted molar refractivity (Wildman–Crippen MR) is 99.1 cm³/mol. The molecule has 0 amide bonds. The van der Waals surface area contributed by atoms with Crippen LogP contribution < -0.4 is 9.47 Å². The summed E-state index contributed by atoms with van der Waals surface area (Å²) >= 11 is 0. The highest BCUT2D eigenvalue weighted by molar-refractivity contribution is 5.97. The van der Waals surface area contributed by atoms with Gasteiger partial charge in [0.25, 0.3) is 0 Å². The number of nitrogens with zero attached hydrogens (tertiary/aromatic N) is 4. The van der Waals surface area contributed by atoms with Crippen molar-refractivity contribution in [3.05, 3.63) is 53.7 Å². The van der Waals surface area contributed by atoms with Crippen molar-refractivity contribution in [3.8, 4) is 22.8 Å². The van der Waals surface area contributed by atoms with Crippen LogP contribution in [0.4, 0.5) is 0 Å². The molecular weight excluding hydrogens is 344 g/mol. The van der Waals surface area contributed by atoms with Gasteiger partial charge in [-0.15, -0.1) is 5.10 Å². The first kappa shape index (κ1) is 15.9. The molecule has 0 aliphatic carbocycles. The van der Waals surface area contributed by atoms with Crippen LogP contribution in [0.5, 0.6) is 11.6 Å². The van der Waals surface area contributed by atoms with E-state index in [9.17, 15) is 0 Å². The van der Waals surface area contributed by atoms with Crippen molar-refractivity contribution in [2.24, 2.45) is 0 Å². The number of methoxy groups -OCH3 is 1. The van der Waals surface area contributed by atoms with Crippen LogP contribution in [0.15, 0.2) is 41.2 Å². The molecule has 5 rings (SSSR count). The van der Waals surface area contributed by atoms with E-state index in [1.54, 1.807) is 13.3 Å². The molecular formula is C20H18N4O3. The van der Waals surface area contributed by atoms with E-state index in [1.165, 1.54) is 0 Å². The molecule has 7 heteroatoms. The number of aromatic nitrogens is 4. The van der Waals surface area contributed by atoms with E-state index in [0.717, 1.165) is 44.8 Å². The molecule has 1 aliphatic rings. The summed E-state index contributed by atoms with van der Waals surface area (Å²) in [5.41, 5.74) is 4.69. The maximum Gasteiger partial charge on any atom is 0.240 e. The number of ether oxygens (including phenoxy) is 2. The largest absolute Gasteiger partial charge is 0.488 e. The number of hydrogen-bond donors (Lipinski definition) is 0. The van der Waals surface area contributed by atoms with E-state index >= 15 is 0 Å². The van der Waals surface area contributed by atoms with E-state index in [0.29, 0.717) is 12.5 Å². The minimum absolute atomic E-state index is 0.0717. The number of pyridine rings is 1. The lowest BCUT2D eigenvalue weighted by Gasteiger charge is -2.26. The molecule has 7 nitrogen and oxygen atoms in total. The van der Waals surface area contributed by atoms with Crippen molar-refractivity contribution in [1.82, 2.24) is 19.9 Å². The molecule has 0 fully saturated rings. The van der Waals surface area contributed by atoms with E-state index in [1.807, 2.05) is 49.0 Å². The summed E-state index contributed by atoms with van der Waals surface area (Å²) in [5.74, 6) is 2.12. The fraction of sp³-hybridized carbons (Fsp3) is 0.250. The Labute approximate surface area is 155 Å². The fourth-order valence-corrected chi connectivity index (χ4v) is 3.80. The van der Waals surface area contributed by atoms with Crippen molar-refractivity contribution < 1.29 is 14.0 Å². The summed E-state index contributed by atoms with van der Waals surface area (Å²) in [7, 11) is 1.63. The first-order valence-corrected chi connectivity index (χ1v) is 8.74. The average molecular weight is 362 g/mol. The minimum atomic E-state index is -0.0717. The van der Waals surface area contributed by atoms with Gasteiger partial charge < -0.3 is 14.0 Å². The average Bonchev–Trinajstić information content (AvgIpc) is 3.24. The topological polar surface area (TPSA) is 75.2 Å². The lowest BCUT2D eigenvalue weighted by Crippen LogP contribution is -2.24. The van der Waals surface area contributed by atoms with Gasteiger partial charge in [0.2, 0.25) is 5.88 Å². The molecule has 27 heavy (non-hydrogen) atoms. The minimum Gasteiger partial charge on any atom is -0.488 e. The first-order valence-electron chi connectivity index (χ1n) is 8.74. The Bertz CT molecular complexity index is 1130. The van der Waals surface area contributed by atoms with Gasteiger partial charge in [0, 0.05) is 18.0 Å². The summed E-state index contributed by atoms with van der Waals surface area (Å²) in [4.78, 5) is 4.24. The number of rotatable bonds is 3. The Morgan fingerprint density at radius 3 is 2.81 bits per heavy atom. The fourth-order valence-electron chi connectivity index (χ4n) is 3.80. The molecule has 0 saturated carbocycles. The molecule has 4 heterocycles. The number of aryl methyl sites for hydroxylation is 2. The molecule has 0 spiro atoms. The summed E-state index contributed by atoms with van der Waals surface area (Å²) in [6, 6.07) is 7.91. The van der Waals surface area contributed by atoms with Gasteiger partial charge in [0.05, 0.1) is 23.8 Å². The predicted octanol–water partition coefficient (Wildman–Crippen LogP) is 3.69. The maximum atomic E-state index is 6.27. The number of hydrogen-bond acceptors (Lipinski definition) is 6. The second-order valence-electron chi connectivity index (χ2n) is 6.60. The maximum absolute atomic E-state index is 6.27. The van der Waals surface area contributed by atoms with Crippen LogP contribution in [0.2, 0.25) is 0 Å². The highest BCUT2D eigenvalue weighted by atomic mass is 16.5. The SMILES string of the molecule is COc1nn2c3c(c(-c4c(C)noc4C)ccc13)OCC2c1cccnc1. The van der Waals surface area contributed by atoms with Gasteiger partial charge in [-0.2, -0.15) is 0 Å². The zero-order valence-electron chi connectivity index (χ0n) is 15.3. The smallest absolute Gasteiger partial charge is 0.240 e. The first-order chi connectivity index (χ1) is 13.2. The van der Waals surface area contributed by atoms with Crippen LogP contribution in [0, 0.1) is 13.8 Å². The van der Waals surface area contributed by atoms with E-state index in [4.69, 9.17) is 19.1 Å². The van der Waals surface area contributed by atoms with Gasteiger partial charge in [-0.05, 0) is 37.6 Å². The van der Waals surface area contributed by atoms with Gasteiger partial charge in [-0.3, -0.25) is 4.98 Å². The van der Waals surface area contributed by atoms with Crippen molar-refractivity contribution in [2.45, 2.75) is 19.9 Å². The van der Waals surface area contributed by atoms with Gasteiger partial charge in [0.15, 0.2) is 5.75 Å². The zero-order chi connectivity index (χ0) is 18.5. The van der Waals surface area contributed by atoms with Crippen molar-refractivity contribution in [2.75, 3.05) is 13.7 Å². The zero-order valence-corrected chi connectivity index (χ0v) is 15.3. The Morgan fingerprint density at radius 2 is 2.11 bits per heavy atom. The van der Waals surface area contributed by atoms with Crippen LogP contribution >= 0.6 is 0 Å². The lowest BCUT2D eigenvalue weighted by atomic mass is 10.00. The van der Waals surface area contributed by atoms with Crippen molar-refractivity contribution in [3.63, 3.8) is 0 Å². The molecule has 4 aromatic rings. The Morgan fingerprint density at radius 1 is 1.22 bits per heavy atom. The van der Waals surface area contributed by atoms with E-state index < -0.39 is 0 Å². The van der Waals surface area contributed by atoms with Crippen LogP contribution in [0.3, 0.4) is 0 Å². The summed E-state index contributed by atoms with van der Waals surface area (Å²) in [6.45, 7) is 4.30. The Hall–Kier alpha value is -3.35. The summed E-state index contributed by atoms with van der Waals surface area (Å²) < 4.78 is 19.1. The molecule has 1 aromatic carbocycles. The number of benzene rings is 1. The van der Waals surface area contributed by atoms with E-state index in [2.05, 4.69) is 10.1 Å². The summed E-state index contributed by atoms with van der Waals surface area (Å²) in [6.07, 6.45) is 3.60. The van der Waals surface area contributed by atoms with Gasteiger partial charge in [0.1, 0.15) is 23.9 Å². The summed E-state index contributed by atoms with van der Waals surface area (Å²) in [5, 5.41) is 9.71. The molecule has 1 aliphatic heterocycles. The molecule has 0 N–H and O–H groups in total. The lowest BCUT2D eigenvalue weighted by molar-refractivity contribution is 0.247. The molecule has 1 atom stereocenters. The van der Waals surface area contributed by atoms with E-state index in [-0.39, 0.29) is 6.04 Å². The Kier molecular flexibility index (Phi) is 3.43. The third-order valence-corrected chi connectivity index (χ3v) is 5.04. The molecule has 3 aromatic heterocycles. The molecule has 1 unspecified atom stereocenters. The highest BCUT2D eigenvalue weighted by Gasteiger charge is 2.31.